The number of guanidine groups is 1. The summed E-state index contributed by atoms with van der Waals surface area (Å²) in [6, 6.07) is 21.1. The zero-order chi connectivity index (χ0) is 30.0. The highest BCUT2D eigenvalue weighted by Crippen LogP contribution is 2.21. The van der Waals surface area contributed by atoms with Crippen LogP contribution in [0.25, 0.3) is 0 Å². The smallest absolute Gasteiger partial charge is 0.490 e. The highest BCUT2D eigenvalue weighted by atomic mass is 19.4. The van der Waals surface area contributed by atoms with Crippen molar-refractivity contribution in [2.24, 2.45) is 4.99 Å². The fourth-order valence-electron chi connectivity index (χ4n) is 3.85. The molecule has 0 aliphatic carbocycles. The van der Waals surface area contributed by atoms with Crippen LogP contribution in [0.5, 0.6) is 5.75 Å². The molecule has 218 valence electrons. The van der Waals surface area contributed by atoms with E-state index in [2.05, 4.69) is 10.2 Å². The predicted octanol–water partition coefficient (Wildman–Crippen LogP) is 4.96. The topological polar surface area (TPSA) is 115 Å². The van der Waals surface area contributed by atoms with Gasteiger partial charge in [0.1, 0.15) is 11.6 Å². The Kier molecular flexibility index (Phi) is 10.5. The molecule has 1 heterocycles. The molecule has 3 aromatic rings. The molecule has 4 rings (SSSR count). The lowest BCUT2D eigenvalue weighted by Crippen LogP contribution is -2.51. The highest BCUT2D eigenvalue weighted by molar-refractivity contribution is 5.95. The second-order valence-electron chi connectivity index (χ2n) is 8.73. The highest BCUT2D eigenvalue weighted by Gasteiger charge is 2.38. The van der Waals surface area contributed by atoms with Gasteiger partial charge in [-0.1, -0.05) is 24.3 Å². The van der Waals surface area contributed by atoms with Crippen LogP contribution in [-0.2, 0) is 11.3 Å². The number of alkyl halides is 3. The van der Waals surface area contributed by atoms with E-state index < -0.39 is 18.1 Å². The van der Waals surface area contributed by atoms with Gasteiger partial charge in [0, 0.05) is 31.9 Å². The Balaban J connectivity index is 0.000000587. The first-order chi connectivity index (χ1) is 19.5. The first-order valence-corrected chi connectivity index (χ1v) is 12.3. The third-order valence-corrected chi connectivity index (χ3v) is 5.95. The molecule has 0 aromatic heterocycles. The molecule has 0 radical (unpaired) electrons. The van der Waals surface area contributed by atoms with E-state index in [1.165, 1.54) is 6.07 Å². The number of piperazine rings is 1. The second-order valence-corrected chi connectivity index (χ2v) is 8.73. The van der Waals surface area contributed by atoms with E-state index >= 15 is 0 Å². The minimum absolute atomic E-state index is 0.221. The molecule has 3 aromatic carbocycles. The van der Waals surface area contributed by atoms with Crippen molar-refractivity contribution >= 4 is 29.3 Å². The van der Waals surface area contributed by atoms with E-state index in [1.807, 2.05) is 35.2 Å². The number of nitrogens with one attached hydrogen (secondary N) is 1. The van der Waals surface area contributed by atoms with Gasteiger partial charge in [-0.05, 0) is 54.1 Å². The first kappa shape index (κ1) is 30.7. The third-order valence-electron chi connectivity index (χ3n) is 5.95. The lowest BCUT2D eigenvalue weighted by atomic mass is 10.2. The summed E-state index contributed by atoms with van der Waals surface area (Å²) in [5.74, 6) is -2.50. The average molecular weight is 577 g/mol. The lowest BCUT2D eigenvalue weighted by molar-refractivity contribution is -0.192. The molecule has 0 saturated carbocycles. The fraction of sp³-hybridized carbons (Fsp3) is 0.250. The van der Waals surface area contributed by atoms with Crippen LogP contribution < -0.4 is 15.0 Å². The Labute approximate surface area is 233 Å². The Bertz CT molecular complexity index is 1360. The Morgan fingerprint density at radius 2 is 1.59 bits per heavy atom. The van der Waals surface area contributed by atoms with Crippen LogP contribution in [0, 0.1) is 5.82 Å². The van der Waals surface area contributed by atoms with Gasteiger partial charge in [0.2, 0.25) is 0 Å². The summed E-state index contributed by atoms with van der Waals surface area (Å²) in [5.41, 5.74) is 2.57. The molecular formula is C28H28F4N4O5. The number of aromatic carboxylic acids is 1. The average Bonchev–Trinajstić information content (AvgIpc) is 2.96. The normalized spacial score (nSPS) is 13.6. The second kappa shape index (κ2) is 14.0. The van der Waals surface area contributed by atoms with Crippen molar-refractivity contribution in [1.82, 2.24) is 4.90 Å². The number of nitrogens with zero attached hydrogens (tertiary/aromatic N) is 3. The van der Waals surface area contributed by atoms with Gasteiger partial charge < -0.3 is 30.1 Å². The maximum absolute atomic E-state index is 14.2. The first-order valence-electron chi connectivity index (χ1n) is 12.3. The van der Waals surface area contributed by atoms with Gasteiger partial charge in [0.25, 0.3) is 0 Å². The van der Waals surface area contributed by atoms with Gasteiger partial charge in [-0.25, -0.2) is 19.0 Å². The number of aliphatic carboxylic acids is 1. The molecule has 41 heavy (non-hydrogen) atoms. The van der Waals surface area contributed by atoms with Crippen LogP contribution >= 0.6 is 0 Å². The summed E-state index contributed by atoms with van der Waals surface area (Å²) in [6.45, 7) is 3.06. The number of ether oxygens (including phenoxy) is 1. The number of aliphatic imine (C=N–C) groups is 1. The molecule has 3 N–H and O–H groups in total. The fourth-order valence-corrected chi connectivity index (χ4v) is 3.85. The molecule has 0 spiro atoms. The lowest BCUT2D eigenvalue weighted by Gasteiger charge is -2.37. The number of carbonyl (C=O) groups is 2. The molecule has 1 fully saturated rings. The van der Waals surface area contributed by atoms with Crippen molar-refractivity contribution in [3.63, 3.8) is 0 Å². The summed E-state index contributed by atoms with van der Waals surface area (Å²) < 4.78 is 51.3. The van der Waals surface area contributed by atoms with Crippen molar-refractivity contribution in [1.29, 1.82) is 0 Å². The maximum Gasteiger partial charge on any atom is 0.490 e. The maximum atomic E-state index is 14.2. The standard InChI is InChI=1S/C26H27FN4O3.C2HF3O2/c1-34-22-6-4-5-19(17-22)18-28-26(29-21-11-9-20(10-12-21)25(32)33)31-15-13-30(14-16-31)24-8-3-2-7-23(24)27;3-2(4,5)1(6)7/h2-12,17H,13-16,18H2,1H3,(H,28,29)(H,32,33);(H,6,7). The van der Waals surface area contributed by atoms with Crippen molar-refractivity contribution < 1.29 is 42.1 Å². The molecule has 0 atom stereocenters. The summed E-state index contributed by atoms with van der Waals surface area (Å²) in [4.78, 5) is 29.1. The number of para-hydroxylation sites is 1. The SMILES string of the molecule is COc1cccc(CN=C(Nc2ccc(C(=O)O)cc2)N2CCN(c3ccccc3F)CC2)c1.O=C(O)C(F)(F)F. The molecule has 13 heteroatoms. The number of halogens is 4. The Morgan fingerprint density at radius 3 is 2.15 bits per heavy atom. The zero-order valence-corrected chi connectivity index (χ0v) is 21.9. The number of benzene rings is 3. The summed E-state index contributed by atoms with van der Waals surface area (Å²) in [6.07, 6.45) is -5.08. The number of hydrogen-bond acceptors (Lipinski definition) is 5. The van der Waals surface area contributed by atoms with E-state index in [0.29, 0.717) is 44.4 Å². The van der Waals surface area contributed by atoms with E-state index in [1.54, 1.807) is 43.5 Å². The van der Waals surface area contributed by atoms with Gasteiger partial charge in [-0.3, -0.25) is 0 Å². The summed E-state index contributed by atoms with van der Waals surface area (Å²) >= 11 is 0. The van der Waals surface area contributed by atoms with Crippen LogP contribution in [-0.4, -0.2) is 72.5 Å². The van der Waals surface area contributed by atoms with Gasteiger partial charge in [-0.15, -0.1) is 0 Å². The summed E-state index contributed by atoms with van der Waals surface area (Å²) in [7, 11) is 1.63. The van der Waals surface area contributed by atoms with Crippen molar-refractivity contribution in [2.75, 3.05) is 43.5 Å². The molecule has 1 saturated heterocycles. The number of carboxylic acids is 2. The van der Waals surface area contributed by atoms with Crippen LogP contribution in [0.4, 0.5) is 28.9 Å². The van der Waals surface area contributed by atoms with Gasteiger partial charge in [0.15, 0.2) is 5.96 Å². The number of methoxy groups -OCH3 is 1. The van der Waals surface area contributed by atoms with Gasteiger partial charge >= 0.3 is 18.1 Å². The van der Waals surface area contributed by atoms with Crippen LogP contribution in [0.3, 0.4) is 0 Å². The number of carboxylic acid groups (broad SMARTS) is 2. The van der Waals surface area contributed by atoms with Crippen LogP contribution in [0.1, 0.15) is 15.9 Å². The van der Waals surface area contributed by atoms with Gasteiger partial charge in [-0.2, -0.15) is 13.2 Å². The molecule has 1 aliphatic rings. The zero-order valence-electron chi connectivity index (χ0n) is 21.9. The van der Waals surface area contributed by atoms with E-state index in [0.717, 1.165) is 17.0 Å². The summed E-state index contributed by atoms with van der Waals surface area (Å²) in [5, 5.41) is 19.6. The van der Waals surface area contributed by atoms with E-state index in [4.69, 9.17) is 24.7 Å². The van der Waals surface area contributed by atoms with Crippen LogP contribution in [0.15, 0.2) is 77.8 Å². The molecule has 9 nitrogen and oxygen atoms in total. The van der Waals surface area contributed by atoms with Crippen LogP contribution in [0.2, 0.25) is 0 Å². The van der Waals surface area contributed by atoms with Crippen molar-refractivity contribution in [2.45, 2.75) is 12.7 Å². The number of rotatable bonds is 6. The third kappa shape index (κ3) is 9.12. The number of anilines is 2. The Morgan fingerprint density at radius 1 is 0.951 bits per heavy atom. The predicted molar refractivity (Wildman–Crippen MR) is 145 cm³/mol. The van der Waals surface area contributed by atoms with Gasteiger partial charge in [0.05, 0.1) is 24.9 Å². The van der Waals surface area contributed by atoms with Crippen molar-refractivity contribution in [3.8, 4) is 5.75 Å². The molecule has 0 bridgehead atoms. The van der Waals surface area contributed by atoms with Crippen molar-refractivity contribution in [3.05, 3.63) is 89.7 Å². The minimum Gasteiger partial charge on any atom is -0.497 e. The monoisotopic (exact) mass is 576 g/mol. The minimum atomic E-state index is -5.08. The molecule has 0 amide bonds. The van der Waals surface area contributed by atoms with E-state index in [-0.39, 0.29) is 11.4 Å². The number of hydrogen-bond donors (Lipinski definition) is 3. The largest absolute Gasteiger partial charge is 0.497 e. The van der Waals surface area contributed by atoms with E-state index in [9.17, 15) is 22.4 Å². The molecular weight excluding hydrogens is 548 g/mol. The quantitative estimate of drug-likeness (QED) is 0.215. The molecule has 1 aliphatic heterocycles. The Hall–Kier alpha value is -4.81. The molecule has 0 unspecified atom stereocenters.